The fraction of sp³-hybridized carbons (Fsp3) is 0.367. The van der Waals surface area contributed by atoms with Crippen LogP contribution >= 0.6 is 0 Å². The van der Waals surface area contributed by atoms with Crippen LogP contribution in [0.15, 0.2) is 72.9 Å². The van der Waals surface area contributed by atoms with Crippen LogP contribution in [0.5, 0.6) is 0 Å². The molecule has 0 amide bonds. The van der Waals surface area contributed by atoms with Crippen LogP contribution in [-0.2, 0) is 5.54 Å². The molecule has 0 aromatic carbocycles. The number of piperazine rings is 1. The molecule has 1 unspecified atom stereocenters. The maximum atomic E-state index is 16.3. The molecule has 5 rings (SSSR count). The zero-order chi connectivity index (χ0) is 27.7. The number of nitrogens with zero attached hydrogens (tertiary/aromatic N) is 5. The summed E-state index contributed by atoms with van der Waals surface area (Å²) in [7, 11) is 2.13. The minimum absolute atomic E-state index is 0.269. The lowest BCUT2D eigenvalue weighted by Crippen LogP contribution is -2.53. The maximum Gasteiger partial charge on any atom is 0.138 e. The van der Waals surface area contributed by atoms with Gasteiger partial charge in [0, 0.05) is 60.5 Å². The van der Waals surface area contributed by atoms with Crippen LogP contribution in [0.2, 0.25) is 0 Å². The third kappa shape index (κ3) is 4.94. The van der Waals surface area contributed by atoms with Crippen LogP contribution in [0.4, 0.5) is 15.8 Å². The van der Waals surface area contributed by atoms with E-state index in [4.69, 9.17) is 4.98 Å². The Bertz CT molecular complexity index is 1480. The molecule has 3 N–H and O–H groups in total. The van der Waals surface area contributed by atoms with Crippen molar-refractivity contribution in [2.24, 2.45) is 0 Å². The summed E-state index contributed by atoms with van der Waals surface area (Å²) in [5.74, 6) is 0.238. The van der Waals surface area contributed by atoms with E-state index in [1.807, 2.05) is 32.2 Å². The van der Waals surface area contributed by atoms with Gasteiger partial charge in [0.15, 0.2) is 0 Å². The van der Waals surface area contributed by atoms with E-state index in [2.05, 4.69) is 62.5 Å². The van der Waals surface area contributed by atoms with Gasteiger partial charge in [0.1, 0.15) is 22.7 Å². The molecule has 2 saturated heterocycles. The number of likely N-dealkylation sites (N-methyl/N-ethyl adjacent to an activating group) is 1. The molecule has 5 heterocycles. The first-order chi connectivity index (χ1) is 18.7. The van der Waals surface area contributed by atoms with Crippen molar-refractivity contribution in [1.82, 2.24) is 30.2 Å². The lowest BCUT2D eigenvalue weighted by atomic mass is 9.78. The van der Waals surface area contributed by atoms with Crippen LogP contribution in [0.25, 0.3) is 16.6 Å². The topological polar surface area (TPSA) is 85.0 Å². The van der Waals surface area contributed by atoms with Crippen molar-refractivity contribution in [2.75, 3.05) is 43.4 Å². The van der Waals surface area contributed by atoms with Gasteiger partial charge in [-0.3, -0.25) is 9.97 Å². The predicted octanol–water partition coefficient (Wildman–Crippen LogP) is 5.49. The van der Waals surface area contributed by atoms with Crippen molar-refractivity contribution in [2.45, 2.75) is 39.2 Å². The summed E-state index contributed by atoms with van der Waals surface area (Å²) in [6, 6.07) is 1.85. The van der Waals surface area contributed by atoms with Gasteiger partial charge < -0.3 is 25.4 Å². The Morgan fingerprint density at radius 3 is 2.62 bits per heavy atom. The van der Waals surface area contributed by atoms with Gasteiger partial charge in [0.2, 0.25) is 0 Å². The van der Waals surface area contributed by atoms with Crippen LogP contribution in [-0.4, -0.2) is 58.1 Å². The Morgan fingerprint density at radius 2 is 1.90 bits per heavy atom. The second-order valence-electron chi connectivity index (χ2n) is 10.5. The van der Waals surface area contributed by atoms with Crippen LogP contribution in [0.1, 0.15) is 45.0 Å². The number of fused-ring (bicyclic) bond motifs is 1. The molecule has 0 bridgehead atoms. The number of nitrogens with one attached hydrogen (secondary N) is 3. The third-order valence-corrected chi connectivity index (χ3v) is 7.58. The molecule has 3 aromatic heterocycles. The Labute approximate surface area is 229 Å². The molecular formula is C30H37FN8. The van der Waals surface area contributed by atoms with Gasteiger partial charge in [-0.05, 0) is 33.4 Å². The molecule has 9 heteroatoms. The van der Waals surface area contributed by atoms with E-state index >= 15 is 4.39 Å². The van der Waals surface area contributed by atoms with Crippen molar-refractivity contribution in [3.63, 3.8) is 0 Å². The van der Waals surface area contributed by atoms with Crippen LogP contribution in [0, 0.1) is 0 Å². The Morgan fingerprint density at radius 1 is 1.15 bits per heavy atom. The van der Waals surface area contributed by atoms with Crippen molar-refractivity contribution in [3.8, 4) is 0 Å². The average Bonchev–Trinajstić information content (AvgIpc) is 3.37. The highest BCUT2D eigenvalue weighted by atomic mass is 19.1. The number of hydrogen-bond acceptors (Lipinski definition) is 7. The molecule has 0 aliphatic carbocycles. The molecule has 39 heavy (non-hydrogen) atoms. The normalized spacial score (nSPS) is 22.0. The number of aromatic nitrogens is 4. The maximum absolute atomic E-state index is 16.3. The van der Waals surface area contributed by atoms with E-state index in [-0.39, 0.29) is 5.57 Å². The molecule has 0 spiro atoms. The second kappa shape index (κ2) is 10.6. The Hall–Kier alpha value is -3.98. The summed E-state index contributed by atoms with van der Waals surface area (Å²) < 4.78 is 16.3. The van der Waals surface area contributed by atoms with E-state index in [1.54, 1.807) is 18.6 Å². The summed E-state index contributed by atoms with van der Waals surface area (Å²) in [5, 5.41) is 6.68. The predicted molar refractivity (Wildman–Crippen MR) is 157 cm³/mol. The van der Waals surface area contributed by atoms with E-state index < -0.39 is 11.4 Å². The SMILES string of the molecule is C=C(CCC)Nc1cncc(C(=C)/C(F)=C2\C(=C/C)NC2(C)c2nc3c(N4CCN(C)CC4)cncc3[nH]2)c1. The lowest BCUT2D eigenvalue weighted by molar-refractivity contribution is 0.313. The Kier molecular flexibility index (Phi) is 7.27. The number of allylic oxidation sites excluding steroid dienone is 4. The van der Waals surface area contributed by atoms with Gasteiger partial charge in [-0.15, -0.1) is 0 Å². The average molecular weight is 529 g/mol. The van der Waals surface area contributed by atoms with Crippen molar-refractivity contribution < 1.29 is 4.39 Å². The van der Waals surface area contributed by atoms with Gasteiger partial charge in [-0.1, -0.05) is 32.6 Å². The van der Waals surface area contributed by atoms with Gasteiger partial charge >= 0.3 is 0 Å². The Balaban J connectivity index is 1.49. The molecule has 2 aliphatic heterocycles. The number of hydrogen-bond donors (Lipinski definition) is 3. The number of imidazole rings is 1. The van der Waals surface area contributed by atoms with Gasteiger partial charge in [-0.25, -0.2) is 9.37 Å². The van der Waals surface area contributed by atoms with Gasteiger partial charge in [0.05, 0.1) is 35.5 Å². The summed E-state index contributed by atoms with van der Waals surface area (Å²) >= 11 is 0. The number of halogens is 1. The first kappa shape index (κ1) is 26.6. The van der Waals surface area contributed by atoms with E-state index in [9.17, 15) is 0 Å². The molecule has 204 valence electrons. The molecule has 0 saturated carbocycles. The fourth-order valence-electron chi connectivity index (χ4n) is 5.29. The number of H-pyrrole nitrogens is 1. The smallest absolute Gasteiger partial charge is 0.138 e. The summed E-state index contributed by atoms with van der Waals surface area (Å²) in [4.78, 5) is 21.8. The molecule has 3 aromatic rings. The number of aromatic amines is 1. The minimum Gasteiger partial charge on any atom is -0.369 e. The minimum atomic E-state index is -0.869. The third-order valence-electron chi connectivity index (χ3n) is 7.58. The van der Waals surface area contributed by atoms with Crippen molar-refractivity contribution in [3.05, 3.63) is 84.3 Å². The first-order valence-corrected chi connectivity index (χ1v) is 13.5. The van der Waals surface area contributed by atoms with Crippen molar-refractivity contribution >= 4 is 28.0 Å². The molecule has 2 aliphatic rings. The van der Waals surface area contributed by atoms with Crippen LogP contribution < -0.4 is 15.5 Å². The highest BCUT2D eigenvalue weighted by molar-refractivity contribution is 5.88. The van der Waals surface area contributed by atoms with Gasteiger partial charge in [0.25, 0.3) is 0 Å². The second-order valence-corrected chi connectivity index (χ2v) is 10.5. The quantitative estimate of drug-likeness (QED) is 0.357. The van der Waals surface area contributed by atoms with E-state index in [0.717, 1.165) is 67.1 Å². The molecule has 2 fully saturated rings. The van der Waals surface area contributed by atoms with Crippen molar-refractivity contribution in [1.29, 1.82) is 0 Å². The fourth-order valence-corrected chi connectivity index (χ4v) is 5.29. The highest BCUT2D eigenvalue weighted by Gasteiger charge is 2.48. The molecular weight excluding hydrogens is 491 g/mol. The standard InChI is InChI=1S/C30H37FN8/c1-7-9-19(3)34-22-14-21(15-32-16-22)20(4)27(31)26-23(8-2)37-30(26,5)29-35-24-17-33-18-25(28(24)36-29)39-12-10-38(6)11-13-39/h8,14-18,34,37H,3-4,7,9-13H2,1-2,5-6H3,(H,35,36)/b23-8+,27-26-. The van der Waals surface area contributed by atoms with E-state index in [0.29, 0.717) is 22.7 Å². The summed E-state index contributed by atoms with van der Waals surface area (Å²) in [6.07, 6.45) is 10.7. The monoisotopic (exact) mass is 528 g/mol. The highest BCUT2D eigenvalue weighted by Crippen LogP contribution is 2.47. The largest absolute Gasteiger partial charge is 0.369 e. The van der Waals surface area contributed by atoms with Crippen LogP contribution in [0.3, 0.4) is 0 Å². The molecule has 1 atom stereocenters. The number of rotatable bonds is 8. The number of pyridine rings is 2. The molecule has 8 nitrogen and oxygen atoms in total. The van der Waals surface area contributed by atoms with Gasteiger partial charge in [-0.2, -0.15) is 0 Å². The zero-order valence-electron chi connectivity index (χ0n) is 23.2. The lowest BCUT2D eigenvalue weighted by Gasteiger charge is -2.45. The summed E-state index contributed by atoms with van der Waals surface area (Å²) in [5.41, 5.74) is 5.54. The van der Waals surface area contributed by atoms with E-state index in [1.165, 1.54) is 0 Å². The first-order valence-electron chi connectivity index (χ1n) is 13.5. The zero-order valence-corrected chi connectivity index (χ0v) is 23.2. The summed E-state index contributed by atoms with van der Waals surface area (Å²) in [6.45, 7) is 17.9. The number of anilines is 2. The molecule has 0 radical (unpaired) electrons.